The van der Waals surface area contributed by atoms with Crippen molar-refractivity contribution in [1.82, 2.24) is 20.2 Å². The summed E-state index contributed by atoms with van der Waals surface area (Å²) in [5.41, 5.74) is 6.50. The lowest BCUT2D eigenvalue weighted by atomic mass is 10.1. The normalized spacial score (nSPS) is 11.5. The minimum absolute atomic E-state index is 0.955. The summed E-state index contributed by atoms with van der Waals surface area (Å²) in [6, 6.07) is 18.9. The smallest absolute Gasteiger partial charge is 0.116 e. The van der Waals surface area contributed by atoms with Crippen molar-refractivity contribution in [2.45, 2.75) is 0 Å². The van der Waals surface area contributed by atoms with Gasteiger partial charge in [0.1, 0.15) is 5.69 Å². The van der Waals surface area contributed by atoms with Crippen LogP contribution in [-0.4, -0.2) is 20.2 Å². The summed E-state index contributed by atoms with van der Waals surface area (Å²) in [6.07, 6.45) is 3.93. The summed E-state index contributed by atoms with van der Waals surface area (Å²) < 4.78 is 0. The Hall–Kier alpha value is -3.27. The zero-order valence-corrected chi connectivity index (χ0v) is 12.3. The van der Waals surface area contributed by atoms with Crippen LogP contribution in [0.1, 0.15) is 0 Å². The van der Waals surface area contributed by atoms with E-state index in [9.17, 15) is 0 Å². The van der Waals surface area contributed by atoms with E-state index >= 15 is 0 Å². The Labute approximate surface area is 132 Å². The molecule has 0 aliphatic rings. The molecule has 4 heteroatoms. The average molecular weight is 298 g/mol. The Balaban J connectivity index is 1.67. The molecule has 0 aliphatic carbocycles. The molecule has 110 valence electrons. The van der Waals surface area contributed by atoms with E-state index < -0.39 is 0 Å². The average Bonchev–Trinajstić information content (AvgIpc) is 3.32. The van der Waals surface area contributed by atoms with Crippen LogP contribution >= 0.6 is 0 Å². The third-order valence-corrected chi connectivity index (χ3v) is 4.28. The third kappa shape index (κ3) is 1.89. The van der Waals surface area contributed by atoms with Gasteiger partial charge in [0.25, 0.3) is 0 Å². The summed E-state index contributed by atoms with van der Waals surface area (Å²) in [5, 5.41) is 9.99. The second-order valence-electron chi connectivity index (χ2n) is 5.70. The molecule has 0 saturated carbocycles. The minimum atomic E-state index is 0.955. The topological polar surface area (TPSA) is 60.3 Å². The van der Waals surface area contributed by atoms with Gasteiger partial charge in [0, 0.05) is 28.7 Å². The van der Waals surface area contributed by atoms with Crippen LogP contribution in [0.4, 0.5) is 0 Å². The molecule has 0 atom stereocenters. The van der Waals surface area contributed by atoms with Gasteiger partial charge in [-0.2, -0.15) is 5.10 Å². The summed E-state index contributed by atoms with van der Waals surface area (Å²) in [6.45, 7) is 0. The predicted octanol–water partition coefficient (Wildman–Crippen LogP) is 4.71. The molecule has 0 radical (unpaired) electrons. The highest BCUT2D eigenvalue weighted by molar-refractivity contribution is 5.97. The number of hydrogen-bond acceptors (Lipinski definition) is 1. The molecule has 3 N–H and O–H groups in total. The molecule has 0 bridgehead atoms. The highest BCUT2D eigenvalue weighted by Gasteiger charge is 2.11. The number of aromatic amines is 3. The van der Waals surface area contributed by atoms with Crippen LogP contribution in [-0.2, 0) is 0 Å². The van der Waals surface area contributed by atoms with Crippen molar-refractivity contribution in [1.29, 1.82) is 0 Å². The lowest BCUT2D eigenvalue weighted by molar-refractivity contribution is 1.12. The molecule has 0 unspecified atom stereocenters. The van der Waals surface area contributed by atoms with Gasteiger partial charge in [-0.25, -0.2) is 0 Å². The van der Waals surface area contributed by atoms with Gasteiger partial charge in [0.05, 0.1) is 11.2 Å². The first-order valence-corrected chi connectivity index (χ1v) is 7.58. The zero-order valence-electron chi connectivity index (χ0n) is 12.3. The van der Waals surface area contributed by atoms with Crippen molar-refractivity contribution in [2.75, 3.05) is 0 Å². The van der Waals surface area contributed by atoms with Crippen LogP contribution in [0.2, 0.25) is 0 Å². The third-order valence-electron chi connectivity index (χ3n) is 4.28. The van der Waals surface area contributed by atoms with Crippen molar-refractivity contribution >= 4 is 21.8 Å². The Morgan fingerprint density at radius 3 is 2.65 bits per heavy atom. The van der Waals surface area contributed by atoms with Crippen molar-refractivity contribution in [2.24, 2.45) is 0 Å². The molecule has 0 aliphatic heterocycles. The highest BCUT2D eigenvalue weighted by Crippen LogP contribution is 2.31. The fraction of sp³-hybridized carbons (Fsp3) is 0. The van der Waals surface area contributed by atoms with Gasteiger partial charge < -0.3 is 9.97 Å². The van der Waals surface area contributed by atoms with Gasteiger partial charge in [0.15, 0.2) is 0 Å². The number of hydrogen-bond donors (Lipinski definition) is 3. The summed E-state index contributed by atoms with van der Waals surface area (Å²) in [5.74, 6) is 0. The van der Waals surface area contributed by atoms with E-state index in [0.717, 1.165) is 27.8 Å². The summed E-state index contributed by atoms with van der Waals surface area (Å²) in [7, 11) is 0. The van der Waals surface area contributed by atoms with Crippen LogP contribution in [0.5, 0.6) is 0 Å². The lowest BCUT2D eigenvalue weighted by Gasteiger charge is -1.98. The van der Waals surface area contributed by atoms with Crippen LogP contribution in [0, 0.1) is 0 Å². The van der Waals surface area contributed by atoms with E-state index in [1.54, 1.807) is 0 Å². The van der Waals surface area contributed by atoms with Gasteiger partial charge in [-0.05, 0) is 41.5 Å². The zero-order chi connectivity index (χ0) is 15.2. The number of rotatable bonds is 2. The molecule has 5 aromatic rings. The summed E-state index contributed by atoms with van der Waals surface area (Å²) in [4.78, 5) is 6.54. The first-order valence-electron chi connectivity index (χ1n) is 7.58. The molecule has 23 heavy (non-hydrogen) atoms. The molecule has 0 spiro atoms. The number of fused-ring (bicyclic) bond motifs is 2. The number of H-pyrrole nitrogens is 3. The fourth-order valence-electron chi connectivity index (χ4n) is 3.11. The van der Waals surface area contributed by atoms with E-state index in [2.05, 4.69) is 62.6 Å². The fourth-order valence-corrected chi connectivity index (χ4v) is 3.11. The van der Waals surface area contributed by atoms with Gasteiger partial charge in [-0.15, -0.1) is 0 Å². The molecule has 5 rings (SSSR count). The first-order chi connectivity index (χ1) is 11.4. The van der Waals surface area contributed by atoms with Crippen molar-refractivity contribution < 1.29 is 0 Å². The predicted molar refractivity (Wildman–Crippen MR) is 93.2 cm³/mol. The van der Waals surface area contributed by atoms with Gasteiger partial charge >= 0.3 is 0 Å². The monoisotopic (exact) mass is 298 g/mol. The van der Waals surface area contributed by atoms with Gasteiger partial charge in [-0.1, -0.05) is 24.3 Å². The van der Waals surface area contributed by atoms with Crippen LogP contribution in [0.3, 0.4) is 0 Å². The Morgan fingerprint density at radius 1 is 0.826 bits per heavy atom. The number of benzene rings is 2. The molecule has 3 heterocycles. The van der Waals surface area contributed by atoms with Crippen molar-refractivity contribution in [3.8, 4) is 22.5 Å². The molecular formula is C19H14N4. The molecule has 0 fully saturated rings. The van der Waals surface area contributed by atoms with E-state index in [1.807, 2.05) is 24.5 Å². The molecule has 2 aromatic carbocycles. The quantitative estimate of drug-likeness (QED) is 0.434. The number of nitrogens with zero attached hydrogens (tertiary/aromatic N) is 1. The second-order valence-corrected chi connectivity index (χ2v) is 5.70. The molecule has 4 nitrogen and oxygen atoms in total. The number of aromatic nitrogens is 4. The number of nitrogens with one attached hydrogen (secondary N) is 3. The van der Waals surface area contributed by atoms with Gasteiger partial charge in [0.2, 0.25) is 0 Å². The first kappa shape index (κ1) is 12.3. The van der Waals surface area contributed by atoms with Crippen molar-refractivity contribution in [3.05, 3.63) is 67.0 Å². The van der Waals surface area contributed by atoms with Crippen LogP contribution < -0.4 is 0 Å². The summed E-state index contributed by atoms with van der Waals surface area (Å²) >= 11 is 0. The molecule has 0 saturated heterocycles. The SMILES string of the molecule is c1ccc2[nH]c(-c3n[nH]c4cc(-c5cc[nH]c5)ccc34)cc2c1. The Morgan fingerprint density at radius 2 is 1.78 bits per heavy atom. The molecule has 0 amide bonds. The van der Waals surface area contributed by atoms with Crippen LogP contribution in [0.15, 0.2) is 67.0 Å². The van der Waals surface area contributed by atoms with Gasteiger partial charge in [-0.3, -0.25) is 5.10 Å². The number of para-hydroxylation sites is 1. The Bertz CT molecular complexity index is 1080. The lowest BCUT2D eigenvalue weighted by Crippen LogP contribution is -1.78. The van der Waals surface area contributed by atoms with Crippen LogP contribution in [0.25, 0.3) is 44.3 Å². The van der Waals surface area contributed by atoms with Crippen molar-refractivity contribution in [3.63, 3.8) is 0 Å². The Kier molecular flexibility index (Phi) is 2.46. The second kappa shape index (κ2) is 4.61. The van der Waals surface area contributed by atoms with E-state index in [4.69, 9.17) is 0 Å². The molecule has 3 aromatic heterocycles. The largest absolute Gasteiger partial charge is 0.367 e. The van der Waals surface area contributed by atoms with E-state index in [-0.39, 0.29) is 0 Å². The maximum Gasteiger partial charge on any atom is 0.116 e. The van der Waals surface area contributed by atoms with E-state index in [1.165, 1.54) is 16.5 Å². The minimum Gasteiger partial charge on any atom is -0.367 e. The maximum absolute atomic E-state index is 4.52. The van der Waals surface area contributed by atoms with E-state index in [0.29, 0.717) is 0 Å². The standard InChI is InChI=1S/C19H14N4/c1-2-4-16-13(3-1)10-18(21-16)19-15-6-5-12(9-17(15)22-23-19)14-7-8-20-11-14/h1-11,20-21H,(H,22,23). The molecular weight excluding hydrogens is 284 g/mol. The maximum atomic E-state index is 4.52. The highest BCUT2D eigenvalue weighted by atomic mass is 15.1.